The summed E-state index contributed by atoms with van der Waals surface area (Å²) < 4.78 is 5.21. The first-order valence-electron chi connectivity index (χ1n) is 6.77. The first-order chi connectivity index (χ1) is 9.58. The van der Waals surface area contributed by atoms with Gasteiger partial charge in [-0.3, -0.25) is 0 Å². The molecule has 2 aromatic carbocycles. The summed E-state index contributed by atoms with van der Waals surface area (Å²) >= 11 is 0. The molecular formula is C17H21NO2. The molecule has 0 aromatic heterocycles. The lowest BCUT2D eigenvalue weighted by Crippen LogP contribution is -2.18. The number of methoxy groups -OCH3 is 1. The molecule has 0 saturated carbocycles. The van der Waals surface area contributed by atoms with E-state index in [4.69, 9.17) is 4.74 Å². The van der Waals surface area contributed by atoms with Gasteiger partial charge in [0.2, 0.25) is 0 Å². The molecule has 2 rings (SSSR count). The predicted molar refractivity (Wildman–Crippen MR) is 82.6 cm³/mol. The lowest BCUT2D eigenvalue weighted by Gasteiger charge is -2.17. The summed E-state index contributed by atoms with van der Waals surface area (Å²) in [4.78, 5) is 0. The van der Waals surface area contributed by atoms with E-state index in [9.17, 15) is 5.11 Å². The van der Waals surface area contributed by atoms with Gasteiger partial charge in [-0.1, -0.05) is 12.1 Å². The standard InChI is InChI=1S/C17H21NO2/c1-12-10-16(20-3)8-9-17(12)18-13(2)11-14-4-6-15(19)7-5-14/h4-10,13,18-19H,11H2,1-3H3. The van der Waals surface area contributed by atoms with E-state index < -0.39 is 0 Å². The largest absolute Gasteiger partial charge is 0.508 e. The molecule has 0 aliphatic heterocycles. The molecule has 0 radical (unpaired) electrons. The maximum atomic E-state index is 9.28. The minimum atomic E-state index is 0.306. The number of ether oxygens (including phenoxy) is 1. The van der Waals surface area contributed by atoms with Gasteiger partial charge in [0.05, 0.1) is 7.11 Å². The van der Waals surface area contributed by atoms with Gasteiger partial charge in [-0.05, 0) is 61.7 Å². The molecule has 0 aliphatic carbocycles. The van der Waals surface area contributed by atoms with Crippen LogP contribution in [-0.2, 0) is 6.42 Å². The summed E-state index contributed by atoms with van der Waals surface area (Å²) in [7, 11) is 1.68. The molecule has 0 saturated heterocycles. The summed E-state index contributed by atoms with van der Waals surface area (Å²) in [6, 6.07) is 13.7. The Labute approximate surface area is 120 Å². The van der Waals surface area contributed by atoms with Crippen LogP contribution in [0, 0.1) is 6.92 Å². The molecule has 0 spiro atoms. The Hall–Kier alpha value is -2.16. The maximum absolute atomic E-state index is 9.28. The monoisotopic (exact) mass is 271 g/mol. The highest BCUT2D eigenvalue weighted by molar-refractivity contribution is 5.54. The first kappa shape index (κ1) is 14.3. The van der Waals surface area contributed by atoms with Crippen LogP contribution >= 0.6 is 0 Å². The number of aryl methyl sites for hydroxylation is 1. The van der Waals surface area contributed by atoms with Crippen LogP contribution in [0.1, 0.15) is 18.1 Å². The molecule has 0 aliphatic rings. The molecule has 1 atom stereocenters. The summed E-state index contributed by atoms with van der Waals surface area (Å²) in [5, 5.41) is 12.8. The SMILES string of the molecule is COc1ccc(NC(C)Cc2ccc(O)cc2)c(C)c1. The molecule has 3 nitrogen and oxygen atoms in total. The Balaban J connectivity index is 2.00. The third-order valence-corrected chi connectivity index (χ3v) is 3.31. The smallest absolute Gasteiger partial charge is 0.119 e. The third-order valence-electron chi connectivity index (χ3n) is 3.31. The first-order valence-corrected chi connectivity index (χ1v) is 6.77. The number of rotatable bonds is 5. The maximum Gasteiger partial charge on any atom is 0.119 e. The van der Waals surface area contributed by atoms with Crippen LogP contribution in [0.25, 0.3) is 0 Å². The van der Waals surface area contributed by atoms with E-state index in [-0.39, 0.29) is 0 Å². The van der Waals surface area contributed by atoms with Crippen molar-refractivity contribution in [3.63, 3.8) is 0 Å². The number of benzene rings is 2. The fourth-order valence-electron chi connectivity index (χ4n) is 2.23. The van der Waals surface area contributed by atoms with E-state index in [2.05, 4.69) is 19.2 Å². The van der Waals surface area contributed by atoms with Crippen LogP contribution in [-0.4, -0.2) is 18.3 Å². The van der Waals surface area contributed by atoms with Gasteiger partial charge >= 0.3 is 0 Å². The van der Waals surface area contributed by atoms with Gasteiger partial charge in [0.1, 0.15) is 11.5 Å². The van der Waals surface area contributed by atoms with Gasteiger partial charge in [0.15, 0.2) is 0 Å². The molecule has 0 amide bonds. The fraction of sp³-hybridized carbons (Fsp3) is 0.294. The van der Waals surface area contributed by atoms with Crippen molar-refractivity contribution >= 4 is 5.69 Å². The topological polar surface area (TPSA) is 41.5 Å². The second-order valence-corrected chi connectivity index (χ2v) is 5.10. The van der Waals surface area contributed by atoms with Gasteiger partial charge in [0, 0.05) is 11.7 Å². The van der Waals surface area contributed by atoms with Gasteiger partial charge < -0.3 is 15.2 Å². The normalized spacial score (nSPS) is 11.9. The highest BCUT2D eigenvalue weighted by atomic mass is 16.5. The summed E-state index contributed by atoms with van der Waals surface area (Å²) in [6.07, 6.45) is 0.908. The molecular weight excluding hydrogens is 250 g/mol. The van der Waals surface area contributed by atoms with Crippen molar-refractivity contribution in [3.8, 4) is 11.5 Å². The lowest BCUT2D eigenvalue weighted by atomic mass is 10.1. The minimum absolute atomic E-state index is 0.306. The fourth-order valence-corrected chi connectivity index (χ4v) is 2.23. The third kappa shape index (κ3) is 3.67. The Morgan fingerprint density at radius 3 is 2.45 bits per heavy atom. The lowest BCUT2D eigenvalue weighted by molar-refractivity contribution is 0.414. The van der Waals surface area contributed by atoms with Crippen molar-refractivity contribution < 1.29 is 9.84 Å². The number of hydrogen-bond donors (Lipinski definition) is 2. The quantitative estimate of drug-likeness (QED) is 0.870. The molecule has 20 heavy (non-hydrogen) atoms. The summed E-state index contributed by atoms with van der Waals surface area (Å²) in [5.74, 6) is 1.18. The summed E-state index contributed by atoms with van der Waals surface area (Å²) in [6.45, 7) is 4.22. The van der Waals surface area contributed by atoms with Gasteiger partial charge in [-0.2, -0.15) is 0 Å². The van der Waals surface area contributed by atoms with Crippen LogP contribution in [0.4, 0.5) is 5.69 Å². The zero-order valence-corrected chi connectivity index (χ0v) is 12.2. The minimum Gasteiger partial charge on any atom is -0.508 e. The Bertz CT molecular complexity index is 564. The molecule has 0 heterocycles. The van der Waals surface area contributed by atoms with Gasteiger partial charge in [-0.25, -0.2) is 0 Å². The van der Waals surface area contributed by atoms with Crippen molar-refractivity contribution in [2.24, 2.45) is 0 Å². The van der Waals surface area contributed by atoms with Crippen LogP contribution in [0.3, 0.4) is 0 Å². The zero-order valence-electron chi connectivity index (χ0n) is 12.2. The van der Waals surface area contributed by atoms with Crippen molar-refractivity contribution in [1.29, 1.82) is 0 Å². The average Bonchev–Trinajstić information content (AvgIpc) is 2.43. The van der Waals surface area contributed by atoms with Crippen molar-refractivity contribution in [1.82, 2.24) is 0 Å². The van der Waals surface area contributed by atoms with Gasteiger partial charge in [0.25, 0.3) is 0 Å². The van der Waals surface area contributed by atoms with E-state index in [0.717, 1.165) is 17.9 Å². The molecule has 1 unspecified atom stereocenters. The predicted octanol–water partition coefficient (Wildman–Crippen LogP) is 3.75. The summed E-state index contributed by atoms with van der Waals surface area (Å²) in [5.41, 5.74) is 3.49. The number of aromatic hydroxyl groups is 1. The van der Waals surface area contributed by atoms with E-state index in [0.29, 0.717) is 11.8 Å². The van der Waals surface area contributed by atoms with E-state index in [1.54, 1.807) is 19.2 Å². The Morgan fingerprint density at radius 1 is 1.15 bits per heavy atom. The zero-order chi connectivity index (χ0) is 14.5. The van der Waals surface area contributed by atoms with Gasteiger partial charge in [-0.15, -0.1) is 0 Å². The van der Waals surface area contributed by atoms with E-state index in [1.807, 2.05) is 30.3 Å². The molecule has 0 bridgehead atoms. The van der Waals surface area contributed by atoms with Crippen molar-refractivity contribution in [2.75, 3.05) is 12.4 Å². The molecule has 106 valence electrons. The van der Waals surface area contributed by atoms with Crippen LogP contribution in [0.15, 0.2) is 42.5 Å². The second kappa shape index (κ2) is 6.33. The number of anilines is 1. The van der Waals surface area contributed by atoms with Crippen molar-refractivity contribution in [2.45, 2.75) is 26.3 Å². The van der Waals surface area contributed by atoms with E-state index >= 15 is 0 Å². The van der Waals surface area contributed by atoms with Crippen LogP contribution < -0.4 is 10.1 Å². The average molecular weight is 271 g/mol. The molecule has 2 aromatic rings. The number of phenols is 1. The highest BCUT2D eigenvalue weighted by Crippen LogP contribution is 2.22. The number of phenolic OH excluding ortho intramolecular Hbond substituents is 1. The van der Waals surface area contributed by atoms with E-state index in [1.165, 1.54) is 11.1 Å². The Morgan fingerprint density at radius 2 is 1.85 bits per heavy atom. The van der Waals surface area contributed by atoms with Crippen LogP contribution in [0.2, 0.25) is 0 Å². The molecule has 2 N–H and O–H groups in total. The Kier molecular flexibility index (Phi) is 4.51. The molecule has 0 fully saturated rings. The number of nitrogens with one attached hydrogen (secondary N) is 1. The highest BCUT2D eigenvalue weighted by Gasteiger charge is 2.06. The van der Waals surface area contributed by atoms with Crippen LogP contribution in [0.5, 0.6) is 11.5 Å². The number of hydrogen-bond acceptors (Lipinski definition) is 3. The molecule has 3 heteroatoms. The van der Waals surface area contributed by atoms with Crippen molar-refractivity contribution in [3.05, 3.63) is 53.6 Å². The second-order valence-electron chi connectivity index (χ2n) is 5.10.